The summed E-state index contributed by atoms with van der Waals surface area (Å²) in [6, 6.07) is 15.2. The van der Waals surface area contributed by atoms with Gasteiger partial charge < -0.3 is 15.4 Å². The smallest absolute Gasteiger partial charge is 0.250 e. The molecule has 0 bridgehead atoms. The second-order valence-corrected chi connectivity index (χ2v) is 6.24. The molecule has 25 heavy (non-hydrogen) atoms. The zero-order chi connectivity index (χ0) is 18.2. The van der Waals surface area contributed by atoms with E-state index in [-0.39, 0.29) is 25.0 Å². The minimum absolute atomic E-state index is 0.173. The van der Waals surface area contributed by atoms with E-state index < -0.39 is 0 Å². The first-order valence-corrected chi connectivity index (χ1v) is 8.28. The summed E-state index contributed by atoms with van der Waals surface area (Å²) < 4.78 is 5.17. The van der Waals surface area contributed by atoms with Crippen LogP contribution in [0.4, 0.5) is 11.4 Å². The fourth-order valence-corrected chi connectivity index (χ4v) is 2.30. The molecule has 0 unspecified atom stereocenters. The molecule has 0 aliphatic heterocycles. The molecule has 2 rings (SSSR count). The number of amides is 2. The third-order valence-corrected chi connectivity index (χ3v) is 3.63. The van der Waals surface area contributed by atoms with Crippen LogP contribution in [0.15, 0.2) is 48.5 Å². The highest BCUT2D eigenvalue weighted by Gasteiger charge is 2.07. The van der Waals surface area contributed by atoms with Crippen LogP contribution < -0.4 is 10.6 Å². The first-order valence-electron chi connectivity index (χ1n) is 8.28. The molecule has 0 aromatic heterocycles. The summed E-state index contributed by atoms with van der Waals surface area (Å²) in [4.78, 5) is 23.6. The molecule has 2 aromatic carbocycles. The number of benzene rings is 2. The highest BCUT2D eigenvalue weighted by Crippen LogP contribution is 2.17. The quantitative estimate of drug-likeness (QED) is 0.807. The minimum Gasteiger partial charge on any atom is -0.362 e. The molecule has 2 amide bonds. The van der Waals surface area contributed by atoms with Gasteiger partial charge in [0, 0.05) is 11.4 Å². The van der Waals surface area contributed by atoms with Gasteiger partial charge in [-0.2, -0.15) is 0 Å². The molecular formula is C20H24N2O3. The summed E-state index contributed by atoms with van der Waals surface area (Å²) in [5.74, 6) is -0.139. The molecule has 0 saturated heterocycles. The lowest BCUT2D eigenvalue weighted by Gasteiger charge is -2.09. The van der Waals surface area contributed by atoms with E-state index in [1.807, 2.05) is 49.4 Å². The van der Waals surface area contributed by atoms with Gasteiger partial charge in [-0.05, 0) is 48.2 Å². The lowest BCUT2D eigenvalue weighted by Crippen LogP contribution is -2.24. The SMILES string of the molecule is Cc1cccc(NC(=O)COCC(=O)Nc2ccc(C(C)C)cc2)c1. The Morgan fingerprint density at radius 1 is 0.920 bits per heavy atom. The van der Waals surface area contributed by atoms with Crippen molar-refractivity contribution in [1.82, 2.24) is 0 Å². The topological polar surface area (TPSA) is 67.4 Å². The standard InChI is InChI=1S/C20H24N2O3/c1-14(2)16-7-9-17(10-8-16)21-19(23)12-25-13-20(24)22-18-6-4-5-15(3)11-18/h4-11,14H,12-13H2,1-3H3,(H,21,23)(H,22,24). The van der Waals surface area contributed by atoms with Crippen molar-refractivity contribution >= 4 is 23.2 Å². The number of carbonyl (C=O) groups excluding carboxylic acids is 2. The zero-order valence-electron chi connectivity index (χ0n) is 14.8. The Morgan fingerprint density at radius 2 is 1.52 bits per heavy atom. The Balaban J connectivity index is 1.72. The molecule has 0 heterocycles. The van der Waals surface area contributed by atoms with E-state index in [4.69, 9.17) is 4.74 Å². The molecule has 0 fully saturated rings. The van der Waals surface area contributed by atoms with E-state index in [9.17, 15) is 9.59 Å². The average Bonchev–Trinajstić information content (AvgIpc) is 2.55. The first kappa shape index (κ1) is 18.7. The lowest BCUT2D eigenvalue weighted by molar-refractivity contribution is -0.125. The third-order valence-electron chi connectivity index (χ3n) is 3.63. The van der Waals surface area contributed by atoms with Crippen molar-refractivity contribution in [3.63, 3.8) is 0 Å². The fraction of sp³-hybridized carbons (Fsp3) is 0.300. The summed E-state index contributed by atoms with van der Waals surface area (Å²) in [5.41, 5.74) is 3.69. The largest absolute Gasteiger partial charge is 0.362 e. The highest BCUT2D eigenvalue weighted by atomic mass is 16.5. The van der Waals surface area contributed by atoms with Crippen molar-refractivity contribution in [1.29, 1.82) is 0 Å². The molecule has 0 aliphatic rings. The fourth-order valence-electron chi connectivity index (χ4n) is 2.30. The number of ether oxygens (including phenoxy) is 1. The monoisotopic (exact) mass is 340 g/mol. The molecular weight excluding hydrogens is 316 g/mol. The van der Waals surface area contributed by atoms with Crippen molar-refractivity contribution in [2.45, 2.75) is 26.7 Å². The lowest BCUT2D eigenvalue weighted by atomic mass is 10.0. The summed E-state index contributed by atoms with van der Waals surface area (Å²) in [7, 11) is 0. The molecule has 2 N–H and O–H groups in total. The van der Waals surface area contributed by atoms with Crippen molar-refractivity contribution in [3.8, 4) is 0 Å². The Bertz CT molecular complexity index is 724. The zero-order valence-corrected chi connectivity index (χ0v) is 14.8. The highest BCUT2D eigenvalue weighted by molar-refractivity contribution is 5.93. The summed E-state index contributed by atoms with van der Waals surface area (Å²) in [5, 5.41) is 5.47. The molecule has 2 aromatic rings. The summed E-state index contributed by atoms with van der Waals surface area (Å²) in [6.07, 6.45) is 0. The molecule has 0 atom stereocenters. The number of aryl methyl sites for hydroxylation is 1. The van der Waals surface area contributed by atoms with E-state index in [1.165, 1.54) is 5.56 Å². The van der Waals surface area contributed by atoms with E-state index >= 15 is 0 Å². The number of hydrogen-bond donors (Lipinski definition) is 2. The van der Waals surface area contributed by atoms with Crippen molar-refractivity contribution in [2.24, 2.45) is 0 Å². The van der Waals surface area contributed by atoms with Crippen LogP contribution >= 0.6 is 0 Å². The normalized spacial score (nSPS) is 10.6. The maximum atomic E-state index is 11.8. The summed E-state index contributed by atoms with van der Waals surface area (Å²) >= 11 is 0. The van der Waals surface area contributed by atoms with Gasteiger partial charge in [-0.25, -0.2) is 0 Å². The Kier molecular flexibility index (Phi) is 6.71. The Morgan fingerprint density at radius 3 is 2.08 bits per heavy atom. The van der Waals surface area contributed by atoms with E-state index in [2.05, 4.69) is 24.5 Å². The molecule has 0 spiro atoms. The van der Waals surface area contributed by atoms with Crippen LogP contribution in [0.1, 0.15) is 30.9 Å². The van der Waals surface area contributed by atoms with Crippen molar-refractivity contribution in [2.75, 3.05) is 23.8 Å². The van der Waals surface area contributed by atoms with Gasteiger partial charge in [0.25, 0.3) is 0 Å². The Hall–Kier alpha value is -2.66. The Labute approximate surface area is 148 Å². The van der Waals surface area contributed by atoms with Gasteiger partial charge in [0.1, 0.15) is 13.2 Å². The number of rotatable bonds is 7. The van der Waals surface area contributed by atoms with Gasteiger partial charge in [0.05, 0.1) is 0 Å². The van der Waals surface area contributed by atoms with Crippen LogP contribution in [0.3, 0.4) is 0 Å². The second kappa shape index (κ2) is 8.99. The molecule has 0 radical (unpaired) electrons. The van der Waals surface area contributed by atoms with Crippen molar-refractivity contribution in [3.05, 3.63) is 59.7 Å². The van der Waals surface area contributed by atoms with Crippen LogP contribution in [0, 0.1) is 6.92 Å². The summed E-state index contributed by atoms with van der Waals surface area (Å²) in [6.45, 7) is 5.83. The van der Waals surface area contributed by atoms with Gasteiger partial charge in [-0.1, -0.05) is 38.1 Å². The van der Waals surface area contributed by atoms with Crippen LogP contribution in [0.25, 0.3) is 0 Å². The average molecular weight is 340 g/mol. The van der Waals surface area contributed by atoms with Crippen LogP contribution in [0.5, 0.6) is 0 Å². The predicted molar refractivity (Wildman–Crippen MR) is 99.8 cm³/mol. The second-order valence-electron chi connectivity index (χ2n) is 6.24. The van der Waals surface area contributed by atoms with E-state index in [0.29, 0.717) is 17.3 Å². The molecule has 0 aliphatic carbocycles. The van der Waals surface area contributed by atoms with Gasteiger partial charge in [0.2, 0.25) is 11.8 Å². The van der Waals surface area contributed by atoms with E-state index in [0.717, 1.165) is 5.56 Å². The van der Waals surface area contributed by atoms with Gasteiger partial charge in [-0.15, -0.1) is 0 Å². The predicted octanol–water partition coefficient (Wildman–Crippen LogP) is 3.71. The number of hydrogen-bond acceptors (Lipinski definition) is 3. The maximum Gasteiger partial charge on any atom is 0.250 e. The van der Waals surface area contributed by atoms with Crippen molar-refractivity contribution < 1.29 is 14.3 Å². The number of anilines is 2. The van der Waals surface area contributed by atoms with Crippen LogP contribution in [0.2, 0.25) is 0 Å². The van der Waals surface area contributed by atoms with Crippen LogP contribution in [-0.2, 0) is 14.3 Å². The third kappa shape index (κ3) is 6.39. The maximum absolute atomic E-state index is 11.8. The molecule has 132 valence electrons. The molecule has 0 saturated carbocycles. The van der Waals surface area contributed by atoms with Crippen LogP contribution in [-0.4, -0.2) is 25.0 Å². The van der Waals surface area contributed by atoms with Gasteiger partial charge >= 0.3 is 0 Å². The van der Waals surface area contributed by atoms with E-state index in [1.54, 1.807) is 6.07 Å². The minimum atomic E-state index is -0.292. The first-order chi connectivity index (χ1) is 11.9. The number of nitrogens with one attached hydrogen (secondary N) is 2. The van der Waals surface area contributed by atoms with Gasteiger partial charge in [0.15, 0.2) is 0 Å². The molecule has 5 nitrogen and oxygen atoms in total. The van der Waals surface area contributed by atoms with Gasteiger partial charge in [-0.3, -0.25) is 9.59 Å². The molecule has 5 heteroatoms. The number of carbonyl (C=O) groups is 2.